The summed E-state index contributed by atoms with van der Waals surface area (Å²) in [6.07, 6.45) is 0.207. The molecule has 7 rings (SSSR count). The number of benzene rings is 3. The Morgan fingerprint density at radius 3 is 2.37 bits per heavy atom. The van der Waals surface area contributed by atoms with E-state index in [2.05, 4.69) is 21.9 Å². The van der Waals surface area contributed by atoms with Crippen LogP contribution in [0.4, 0.5) is 4.79 Å². The molecule has 2 saturated heterocycles. The van der Waals surface area contributed by atoms with Crippen LogP contribution in [0, 0.1) is 11.3 Å². The zero-order valence-corrected chi connectivity index (χ0v) is 34.7. The highest BCUT2D eigenvalue weighted by molar-refractivity contribution is 7.90. The summed E-state index contributed by atoms with van der Waals surface area (Å²) in [5, 5.41) is 6.22. The topological polar surface area (TPSA) is 195 Å². The first-order valence-electron chi connectivity index (χ1n) is 19.7. The molecule has 60 heavy (non-hydrogen) atoms. The first-order valence-corrected chi connectivity index (χ1v) is 21.2. The van der Waals surface area contributed by atoms with Gasteiger partial charge in [0.05, 0.1) is 47.9 Å². The number of sulfonamides is 1. The lowest BCUT2D eigenvalue weighted by molar-refractivity contribution is -0.140. The maximum Gasteiger partial charge on any atom is 0.408 e. The number of nitrogens with zero attached hydrogens (tertiary/aromatic N) is 2. The molecule has 4 aromatic rings. The van der Waals surface area contributed by atoms with E-state index in [4.69, 9.17) is 23.9 Å². The largest absolute Gasteiger partial charge is 0.497 e. The molecular formula is C44H49N5O10S. The first kappa shape index (κ1) is 42.1. The molecule has 1 aromatic heterocycles. The van der Waals surface area contributed by atoms with Crippen LogP contribution >= 0.6 is 0 Å². The molecule has 6 atom stereocenters. The SMILES string of the molecule is C=CC1CC1(CNC(=O)C1CC(Oc2cc(-c3ccccc3)nc3cc(OC)ccc23)CN1C(=O)C(CC1CO1)NC(=O)OC(C)(C)C)C(=O)NS(=O)(=O)c1ccccc1. The maximum absolute atomic E-state index is 14.6. The lowest BCUT2D eigenvalue weighted by atomic mass is 10.0. The van der Waals surface area contributed by atoms with E-state index in [-0.39, 0.29) is 43.4 Å². The molecule has 3 heterocycles. The van der Waals surface area contributed by atoms with Crippen molar-refractivity contribution in [3.05, 3.63) is 97.6 Å². The number of carbonyl (C=O) groups excluding carboxylic acids is 4. The van der Waals surface area contributed by atoms with Crippen LogP contribution in [0.1, 0.15) is 40.0 Å². The molecule has 0 radical (unpaired) electrons. The van der Waals surface area contributed by atoms with Gasteiger partial charge in [0.25, 0.3) is 10.0 Å². The van der Waals surface area contributed by atoms with Gasteiger partial charge in [-0.3, -0.25) is 14.4 Å². The number of epoxide rings is 1. The Hall–Kier alpha value is -6.00. The number of hydrogen-bond acceptors (Lipinski definition) is 11. The van der Waals surface area contributed by atoms with Crippen LogP contribution in [-0.2, 0) is 33.9 Å². The van der Waals surface area contributed by atoms with Gasteiger partial charge in [0, 0.05) is 42.5 Å². The van der Waals surface area contributed by atoms with Crippen LogP contribution in [-0.4, -0.2) is 98.8 Å². The molecular weight excluding hydrogens is 791 g/mol. The lowest BCUT2D eigenvalue weighted by Crippen LogP contribution is -2.55. The molecule has 0 spiro atoms. The number of nitrogens with one attached hydrogen (secondary N) is 3. The number of likely N-dealkylation sites (tertiary alicyclic amines) is 1. The van der Waals surface area contributed by atoms with Crippen molar-refractivity contribution in [2.24, 2.45) is 11.3 Å². The van der Waals surface area contributed by atoms with E-state index in [1.165, 1.54) is 17.0 Å². The van der Waals surface area contributed by atoms with E-state index in [1.54, 1.807) is 64.3 Å². The minimum atomic E-state index is -4.20. The number of rotatable bonds is 15. The number of allylic oxidation sites excluding steroid dienone is 1. The van der Waals surface area contributed by atoms with Gasteiger partial charge in [-0.25, -0.2) is 22.9 Å². The average molecular weight is 840 g/mol. The lowest BCUT2D eigenvalue weighted by Gasteiger charge is -2.29. The number of carbonyl (C=O) groups is 4. The van der Waals surface area contributed by atoms with Crippen LogP contribution in [0.5, 0.6) is 11.5 Å². The van der Waals surface area contributed by atoms with E-state index in [0.717, 1.165) is 5.56 Å². The number of pyridine rings is 1. The third-order valence-corrected chi connectivity index (χ3v) is 12.2. The summed E-state index contributed by atoms with van der Waals surface area (Å²) in [7, 11) is -2.64. The Balaban J connectivity index is 1.17. The number of amides is 4. The Kier molecular flexibility index (Phi) is 11.9. The zero-order valence-electron chi connectivity index (χ0n) is 33.9. The van der Waals surface area contributed by atoms with Gasteiger partial charge in [-0.1, -0.05) is 54.6 Å². The number of methoxy groups -OCH3 is 1. The predicted octanol–water partition coefficient (Wildman–Crippen LogP) is 4.75. The Morgan fingerprint density at radius 1 is 1.03 bits per heavy atom. The van der Waals surface area contributed by atoms with Gasteiger partial charge in [-0.2, -0.15) is 0 Å². The van der Waals surface area contributed by atoms with Gasteiger partial charge >= 0.3 is 6.09 Å². The summed E-state index contributed by atoms with van der Waals surface area (Å²) >= 11 is 0. The number of alkyl carbamates (subject to hydrolysis) is 1. The molecule has 3 fully saturated rings. The number of ether oxygens (including phenoxy) is 4. The highest BCUT2D eigenvalue weighted by Crippen LogP contribution is 2.53. The standard InChI is InChI=1S/C44H49N5O10S/c1-6-28-23-44(28,41(52)48-60(54,55)32-15-11-8-12-16-32)26-45-39(50)37-21-30(24-49(37)40(51)36(20-31-25-57-31)47-42(53)59-43(2,3)4)58-38-22-34(27-13-9-7-10-14-27)46-35-19-29(56-5)17-18-33(35)38/h6-19,22,28,30-31,36-37H,1,20-21,23-26H2,2-5H3,(H,45,50)(H,47,53)(H,48,52). The van der Waals surface area contributed by atoms with E-state index >= 15 is 0 Å². The van der Waals surface area contributed by atoms with Crippen molar-refractivity contribution < 1.29 is 46.5 Å². The number of fused-ring (bicyclic) bond motifs is 1. The molecule has 15 nitrogen and oxygen atoms in total. The highest BCUT2D eigenvalue weighted by atomic mass is 32.2. The van der Waals surface area contributed by atoms with Gasteiger partial charge in [0.2, 0.25) is 17.7 Å². The van der Waals surface area contributed by atoms with Gasteiger partial charge in [-0.15, -0.1) is 6.58 Å². The Labute approximate surface area is 348 Å². The van der Waals surface area contributed by atoms with Crippen molar-refractivity contribution in [1.82, 2.24) is 25.2 Å². The van der Waals surface area contributed by atoms with Crippen molar-refractivity contribution in [3.63, 3.8) is 0 Å². The third-order valence-electron chi connectivity index (χ3n) is 10.8. The molecule has 3 aromatic carbocycles. The maximum atomic E-state index is 14.6. The minimum absolute atomic E-state index is 0.0359. The smallest absolute Gasteiger partial charge is 0.408 e. The van der Waals surface area contributed by atoms with E-state index < -0.39 is 69.0 Å². The summed E-state index contributed by atoms with van der Waals surface area (Å²) in [6, 6.07) is 22.1. The van der Waals surface area contributed by atoms with Crippen LogP contribution in [0.25, 0.3) is 22.2 Å². The normalized spacial score (nSPS) is 22.6. The minimum Gasteiger partial charge on any atom is -0.497 e. The van der Waals surface area contributed by atoms with Gasteiger partial charge in [-0.05, 0) is 57.4 Å². The van der Waals surface area contributed by atoms with Gasteiger partial charge < -0.3 is 34.5 Å². The Morgan fingerprint density at radius 2 is 1.73 bits per heavy atom. The summed E-state index contributed by atoms with van der Waals surface area (Å²) in [5.41, 5.74) is -0.0449. The molecule has 4 amide bonds. The second kappa shape index (κ2) is 16.9. The summed E-state index contributed by atoms with van der Waals surface area (Å²) in [6.45, 7) is 9.09. The second-order valence-corrected chi connectivity index (χ2v) is 18.0. The van der Waals surface area contributed by atoms with Crippen LogP contribution in [0.15, 0.2) is 102 Å². The first-order chi connectivity index (χ1) is 28.6. The van der Waals surface area contributed by atoms with Crippen molar-refractivity contribution in [3.8, 4) is 22.8 Å². The molecule has 6 unspecified atom stereocenters. The molecule has 0 bridgehead atoms. The zero-order chi connectivity index (χ0) is 42.8. The number of hydrogen-bond donors (Lipinski definition) is 3. The quantitative estimate of drug-likeness (QED) is 0.110. The van der Waals surface area contributed by atoms with E-state index in [1.807, 2.05) is 42.5 Å². The van der Waals surface area contributed by atoms with Crippen molar-refractivity contribution >= 4 is 44.7 Å². The van der Waals surface area contributed by atoms with Crippen LogP contribution in [0.3, 0.4) is 0 Å². The molecule has 2 aliphatic heterocycles. The van der Waals surface area contributed by atoms with Gasteiger partial charge in [0.15, 0.2) is 0 Å². The van der Waals surface area contributed by atoms with E-state index in [9.17, 15) is 27.6 Å². The van der Waals surface area contributed by atoms with Crippen molar-refractivity contribution in [2.45, 2.75) is 74.8 Å². The average Bonchev–Trinajstić information content (AvgIpc) is 4.15. The molecule has 1 saturated carbocycles. The fourth-order valence-corrected chi connectivity index (χ4v) is 8.56. The molecule has 3 N–H and O–H groups in total. The summed E-state index contributed by atoms with van der Waals surface area (Å²) < 4.78 is 51.5. The van der Waals surface area contributed by atoms with Crippen LogP contribution in [0.2, 0.25) is 0 Å². The monoisotopic (exact) mass is 839 g/mol. The number of aromatic nitrogens is 1. The molecule has 316 valence electrons. The fourth-order valence-electron chi connectivity index (χ4n) is 7.48. The van der Waals surface area contributed by atoms with Crippen molar-refractivity contribution in [1.29, 1.82) is 0 Å². The molecule has 3 aliphatic rings. The second-order valence-electron chi connectivity index (χ2n) is 16.3. The fraction of sp³-hybridized carbons (Fsp3) is 0.386. The Bertz CT molecular complexity index is 2390. The molecule has 16 heteroatoms. The highest BCUT2D eigenvalue weighted by Gasteiger charge is 2.59. The summed E-state index contributed by atoms with van der Waals surface area (Å²) in [5.74, 6) is -1.26. The van der Waals surface area contributed by atoms with Gasteiger partial charge in [0.1, 0.15) is 35.3 Å². The third kappa shape index (κ3) is 9.55. The van der Waals surface area contributed by atoms with E-state index in [0.29, 0.717) is 34.7 Å². The van der Waals surface area contributed by atoms with Crippen molar-refractivity contribution in [2.75, 3.05) is 26.8 Å². The predicted molar refractivity (Wildman–Crippen MR) is 221 cm³/mol. The summed E-state index contributed by atoms with van der Waals surface area (Å²) in [4.78, 5) is 61.8. The van der Waals surface area contributed by atoms with Crippen LogP contribution < -0.4 is 24.8 Å². The molecule has 1 aliphatic carbocycles.